The molecule has 80 valence electrons. The Balaban J connectivity index is 2.86. The summed E-state index contributed by atoms with van der Waals surface area (Å²) in [5.41, 5.74) is -1.43. The molecule has 0 fully saturated rings. The van der Waals surface area contributed by atoms with Gasteiger partial charge in [-0.25, -0.2) is 17.6 Å². The Morgan fingerprint density at radius 2 is 1.53 bits per heavy atom. The maximum absolute atomic E-state index is 13.1. The molecule has 1 N–H and O–H groups in total. The van der Waals surface area contributed by atoms with Gasteiger partial charge < -0.3 is 9.84 Å². The Bertz CT molecular complexity index is 470. The fraction of sp³-hybridized carbons (Fsp3) is 0.111. The molecule has 1 atom stereocenters. The third kappa shape index (κ3) is 1.14. The molecule has 0 saturated heterocycles. The normalized spacial score (nSPS) is 19.0. The summed E-state index contributed by atoms with van der Waals surface area (Å²) in [4.78, 5) is 0. The second-order valence-electron chi connectivity index (χ2n) is 2.94. The van der Waals surface area contributed by atoms with Gasteiger partial charge in [-0.05, 0) is 0 Å². The van der Waals surface area contributed by atoms with Gasteiger partial charge in [0.15, 0.2) is 23.3 Å². The molecule has 1 unspecified atom stereocenters. The molecule has 1 aromatic rings. The standard InChI is InChI=1S/C9H4F4O2/c1-2-3-4(9(14)15-2)6(11)8(13)7(12)5(3)10/h9,14H,1H2. The van der Waals surface area contributed by atoms with Gasteiger partial charge in [0.25, 0.3) is 0 Å². The van der Waals surface area contributed by atoms with Crippen LogP contribution in [0.2, 0.25) is 0 Å². The van der Waals surface area contributed by atoms with Crippen LogP contribution in [0.3, 0.4) is 0 Å². The molecule has 0 spiro atoms. The van der Waals surface area contributed by atoms with E-state index in [1.165, 1.54) is 0 Å². The summed E-state index contributed by atoms with van der Waals surface area (Å²) in [5, 5.41) is 9.09. The largest absolute Gasteiger partial charge is 0.461 e. The lowest BCUT2D eigenvalue weighted by Crippen LogP contribution is -2.05. The van der Waals surface area contributed by atoms with Gasteiger partial charge in [0.2, 0.25) is 6.29 Å². The van der Waals surface area contributed by atoms with E-state index in [9.17, 15) is 17.6 Å². The number of benzene rings is 1. The van der Waals surface area contributed by atoms with E-state index in [2.05, 4.69) is 11.3 Å². The van der Waals surface area contributed by atoms with Gasteiger partial charge in [-0.15, -0.1) is 0 Å². The van der Waals surface area contributed by atoms with Crippen LogP contribution >= 0.6 is 0 Å². The van der Waals surface area contributed by atoms with Crippen molar-refractivity contribution in [3.8, 4) is 0 Å². The van der Waals surface area contributed by atoms with Crippen LogP contribution in [0.25, 0.3) is 5.76 Å². The maximum Gasteiger partial charge on any atom is 0.228 e. The Morgan fingerprint density at radius 1 is 1.00 bits per heavy atom. The first-order valence-electron chi connectivity index (χ1n) is 3.85. The zero-order valence-corrected chi connectivity index (χ0v) is 7.15. The maximum atomic E-state index is 13.1. The summed E-state index contributed by atoms with van der Waals surface area (Å²) in [5.74, 6) is -7.66. The molecule has 2 nitrogen and oxygen atoms in total. The van der Waals surface area contributed by atoms with E-state index in [1.807, 2.05) is 0 Å². The number of rotatable bonds is 0. The first-order valence-corrected chi connectivity index (χ1v) is 3.85. The van der Waals surface area contributed by atoms with Gasteiger partial charge in [0, 0.05) is 0 Å². The van der Waals surface area contributed by atoms with Crippen LogP contribution in [0, 0.1) is 23.3 Å². The van der Waals surface area contributed by atoms with Gasteiger partial charge >= 0.3 is 0 Å². The number of halogens is 4. The zero-order chi connectivity index (χ0) is 11.3. The SMILES string of the molecule is C=C1OC(O)c2c(F)c(F)c(F)c(F)c21. The Hall–Kier alpha value is -1.56. The van der Waals surface area contributed by atoms with Gasteiger partial charge in [-0.1, -0.05) is 6.58 Å². The molecule has 0 aromatic heterocycles. The highest BCUT2D eigenvalue weighted by atomic mass is 19.2. The van der Waals surface area contributed by atoms with Gasteiger partial charge in [0.1, 0.15) is 5.76 Å². The topological polar surface area (TPSA) is 29.5 Å². The number of ether oxygens (including phenoxy) is 1. The summed E-state index contributed by atoms with van der Waals surface area (Å²) in [7, 11) is 0. The molecule has 0 bridgehead atoms. The molecule has 1 aromatic carbocycles. The van der Waals surface area contributed by atoms with E-state index in [1.54, 1.807) is 0 Å². The van der Waals surface area contributed by atoms with Crippen LogP contribution < -0.4 is 0 Å². The van der Waals surface area contributed by atoms with Crippen LogP contribution in [-0.4, -0.2) is 5.11 Å². The van der Waals surface area contributed by atoms with Crippen molar-refractivity contribution in [3.05, 3.63) is 41.0 Å². The Labute approximate surface area is 81.4 Å². The second-order valence-corrected chi connectivity index (χ2v) is 2.94. The molecule has 2 rings (SSSR count). The van der Waals surface area contributed by atoms with E-state index in [-0.39, 0.29) is 0 Å². The second kappa shape index (κ2) is 2.96. The Kier molecular flexibility index (Phi) is 1.97. The van der Waals surface area contributed by atoms with Crippen molar-refractivity contribution in [3.63, 3.8) is 0 Å². The van der Waals surface area contributed by atoms with E-state index >= 15 is 0 Å². The fourth-order valence-electron chi connectivity index (χ4n) is 1.41. The quantitative estimate of drug-likeness (QED) is 0.412. The van der Waals surface area contributed by atoms with Crippen LogP contribution in [0.1, 0.15) is 17.4 Å². The van der Waals surface area contributed by atoms with Gasteiger partial charge in [0.05, 0.1) is 11.1 Å². The lowest BCUT2D eigenvalue weighted by molar-refractivity contribution is -0.0317. The van der Waals surface area contributed by atoms with Gasteiger partial charge in [-0.3, -0.25) is 0 Å². The number of aliphatic hydroxyl groups excluding tert-OH is 1. The van der Waals surface area contributed by atoms with Crippen LogP contribution in [-0.2, 0) is 4.74 Å². The average molecular weight is 220 g/mol. The third-order valence-electron chi connectivity index (χ3n) is 2.08. The number of aliphatic hydroxyl groups is 1. The van der Waals surface area contributed by atoms with Crippen molar-refractivity contribution < 1.29 is 27.4 Å². The highest BCUT2D eigenvalue weighted by molar-refractivity contribution is 5.66. The summed E-state index contributed by atoms with van der Waals surface area (Å²) in [6, 6.07) is 0. The first-order chi connectivity index (χ1) is 6.95. The van der Waals surface area contributed by atoms with Crippen molar-refractivity contribution >= 4 is 5.76 Å². The van der Waals surface area contributed by atoms with Crippen molar-refractivity contribution in [1.29, 1.82) is 0 Å². The highest BCUT2D eigenvalue weighted by Gasteiger charge is 2.36. The zero-order valence-electron chi connectivity index (χ0n) is 7.15. The summed E-state index contributed by atoms with van der Waals surface area (Å²) in [6.07, 6.45) is -1.86. The predicted octanol–water partition coefficient (Wildman–Crippen LogP) is 2.23. The molecule has 0 radical (unpaired) electrons. The van der Waals surface area contributed by atoms with Crippen LogP contribution in [0.4, 0.5) is 17.6 Å². The fourth-order valence-corrected chi connectivity index (χ4v) is 1.41. The third-order valence-corrected chi connectivity index (χ3v) is 2.08. The molecular weight excluding hydrogens is 216 g/mol. The molecule has 0 saturated carbocycles. The van der Waals surface area contributed by atoms with Crippen molar-refractivity contribution in [2.24, 2.45) is 0 Å². The number of hydrogen-bond acceptors (Lipinski definition) is 2. The summed E-state index contributed by atoms with van der Waals surface area (Å²) >= 11 is 0. The van der Waals surface area contributed by atoms with E-state index in [0.717, 1.165) is 0 Å². The number of fused-ring (bicyclic) bond motifs is 1. The molecule has 1 aliphatic heterocycles. The van der Waals surface area contributed by atoms with E-state index < -0.39 is 46.4 Å². The van der Waals surface area contributed by atoms with Gasteiger partial charge in [-0.2, -0.15) is 0 Å². The summed E-state index contributed by atoms with van der Waals surface area (Å²) < 4.78 is 56.2. The first kappa shape index (κ1) is 9.97. The predicted molar refractivity (Wildman–Crippen MR) is 41.4 cm³/mol. The monoisotopic (exact) mass is 220 g/mol. The number of hydrogen-bond donors (Lipinski definition) is 1. The lowest BCUT2D eigenvalue weighted by Gasteiger charge is -2.05. The van der Waals surface area contributed by atoms with E-state index in [0.29, 0.717) is 0 Å². The van der Waals surface area contributed by atoms with Crippen molar-refractivity contribution in [2.75, 3.05) is 0 Å². The van der Waals surface area contributed by atoms with Crippen molar-refractivity contribution in [1.82, 2.24) is 0 Å². The summed E-state index contributed by atoms with van der Waals surface area (Å²) in [6.45, 7) is 3.14. The minimum Gasteiger partial charge on any atom is -0.461 e. The molecule has 15 heavy (non-hydrogen) atoms. The molecular formula is C9H4F4O2. The van der Waals surface area contributed by atoms with E-state index in [4.69, 9.17) is 5.11 Å². The highest BCUT2D eigenvalue weighted by Crippen LogP contribution is 2.40. The molecule has 0 amide bonds. The molecule has 6 heteroatoms. The molecule has 1 aliphatic rings. The Morgan fingerprint density at radius 3 is 2.13 bits per heavy atom. The minimum atomic E-state index is -1.98. The van der Waals surface area contributed by atoms with Crippen molar-refractivity contribution in [2.45, 2.75) is 6.29 Å². The molecule has 1 heterocycles. The van der Waals surface area contributed by atoms with Crippen LogP contribution in [0.15, 0.2) is 6.58 Å². The molecule has 0 aliphatic carbocycles. The average Bonchev–Trinajstić information content (AvgIpc) is 2.47. The minimum absolute atomic E-state index is 0.437. The van der Waals surface area contributed by atoms with Crippen LogP contribution in [0.5, 0.6) is 0 Å². The lowest BCUT2D eigenvalue weighted by atomic mass is 10.1. The smallest absolute Gasteiger partial charge is 0.228 e.